The first-order valence-electron chi connectivity index (χ1n) is 9.25. The second-order valence-corrected chi connectivity index (χ2v) is 8.18. The van der Waals surface area contributed by atoms with Crippen LogP contribution in [0.2, 0.25) is 0 Å². The van der Waals surface area contributed by atoms with E-state index >= 15 is 0 Å². The molecule has 2 aliphatic rings. The van der Waals surface area contributed by atoms with Crippen LogP contribution in [0.15, 0.2) is 24.3 Å². The van der Waals surface area contributed by atoms with Crippen molar-refractivity contribution in [2.24, 2.45) is 0 Å². The number of nitrogens with one attached hydrogen (secondary N) is 2. The third-order valence-electron chi connectivity index (χ3n) is 5.12. The van der Waals surface area contributed by atoms with E-state index < -0.39 is 0 Å². The number of anilines is 1. The molecule has 0 fully saturated rings. The second-order valence-electron chi connectivity index (χ2n) is 7.08. The van der Waals surface area contributed by atoms with E-state index in [1.54, 1.807) is 11.3 Å². The van der Waals surface area contributed by atoms with Crippen molar-refractivity contribution in [3.8, 4) is 5.75 Å². The summed E-state index contributed by atoms with van der Waals surface area (Å²) in [6, 6.07) is 8.43. The number of carbonyl (C=O) groups excluding carboxylic acids is 1. The lowest BCUT2D eigenvalue weighted by Crippen LogP contribution is -2.39. The molecule has 1 aromatic heterocycles. The first kappa shape index (κ1) is 17.4. The fourth-order valence-corrected chi connectivity index (χ4v) is 4.97. The maximum absolute atomic E-state index is 12.8. The summed E-state index contributed by atoms with van der Waals surface area (Å²) in [6.07, 6.45) is 0.745. The van der Waals surface area contributed by atoms with Crippen LogP contribution in [-0.4, -0.2) is 30.0 Å². The summed E-state index contributed by atoms with van der Waals surface area (Å²) >= 11 is 1.73. The van der Waals surface area contributed by atoms with E-state index in [2.05, 4.69) is 29.4 Å². The lowest BCUT2D eigenvalue weighted by atomic mass is 9.99. The van der Waals surface area contributed by atoms with Gasteiger partial charge in [0.1, 0.15) is 16.9 Å². The predicted molar refractivity (Wildman–Crippen MR) is 105 cm³/mol. The van der Waals surface area contributed by atoms with Crippen LogP contribution in [0.25, 0.3) is 0 Å². The summed E-state index contributed by atoms with van der Waals surface area (Å²) in [4.78, 5) is 16.6. The van der Waals surface area contributed by atoms with Crippen LogP contribution in [0.1, 0.15) is 53.3 Å². The molecule has 6 heteroatoms. The van der Waals surface area contributed by atoms with Crippen LogP contribution in [0.3, 0.4) is 0 Å². The molecule has 0 unspecified atom stereocenters. The molecule has 2 aromatic rings. The average molecular weight is 372 g/mol. The number of thiophene rings is 1. The molecule has 1 amide bonds. The van der Waals surface area contributed by atoms with Crippen molar-refractivity contribution >= 4 is 22.2 Å². The van der Waals surface area contributed by atoms with Crippen molar-refractivity contribution in [3.63, 3.8) is 0 Å². The molecule has 138 valence electrons. The number of rotatable bonds is 4. The second kappa shape index (κ2) is 6.93. The fraction of sp³-hybridized carbons (Fsp3) is 0.450. The first-order chi connectivity index (χ1) is 12.6. The van der Waals surface area contributed by atoms with Crippen LogP contribution < -0.4 is 15.4 Å². The van der Waals surface area contributed by atoms with Crippen LogP contribution in [0, 0.1) is 0 Å². The highest BCUT2D eigenvalue weighted by molar-refractivity contribution is 7.16. The van der Waals surface area contributed by atoms with Gasteiger partial charge in [0.25, 0.3) is 5.91 Å². The van der Waals surface area contributed by atoms with Gasteiger partial charge in [-0.2, -0.15) is 0 Å². The largest absolute Gasteiger partial charge is 0.494 e. The predicted octanol–water partition coefficient (Wildman–Crippen LogP) is 3.77. The molecular formula is C20H25N3O2S. The van der Waals surface area contributed by atoms with E-state index in [1.807, 2.05) is 31.2 Å². The van der Waals surface area contributed by atoms with Gasteiger partial charge < -0.3 is 15.4 Å². The molecule has 0 saturated carbocycles. The van der Waals surface area contributed by atoms with Gasteiger partial charge in [0.05, 0.1) is 12.2 Å². The van der Waals surface area contributed by atoms with Gasteiger partial charge in [0.2, 0.25) is 0 Å². The Bertz CT molecular complexity index is 813. The molecule has 3 heterocycles. The van der Waals surface area contributed by atoms with Crippen LogP contribution in [-0.2, 0) is 13.0 Å². The molecule has 0 bridgehead atoms. The van der Waals surface area contributed by atoms with Gasteiger partial charge in [-0.05, 0) is 50.5 Å². The van der Waals surface area contributed by atoms with E-state index in [0.717, 1.165) is 41.4 Å². The molecule has 26 heavy (non-hydrogen) atoms. The molecule has 2 N–H and O–H groups in total. The number of benzene rings is 1. The fourth-order valence-electron chi connectivity index (χ4n) is 3.67. The van der Waals surface area contributed by atoms with Crippen LogP contribution in [0.4, 0.5) is 5.00 Å². The molecule has 1 aromatic carbocycles. The zero-order chi connectivity index (χ0) is 18.3. The maximum atomic E-state index is 12.8. The zero-order valence-electron chi connectivity index (χ0n) is 15.5. The summed E-state index contributed by atoms with van der Waals surface area (Å²) in [6.45, 7) is 9.03. The van der Waals surface area contributed by atoms with Gasteiger partial charge in [-0.3, -0.25) is 9.69 Å². The topological polar surface area (TPSA) is 53.6 Å². The SMILES string of the molecule is CCOc1ccc([C@H]2NC(=O)c3c(sc4c3CCN(C(C)C)C4)N2)cc1. The number of carbonyl (C=O) groups is 1. The van der Waals surface area contributed by atoms with E-state index in [-0.39, 0.29) is 12.1 Å². The summed E-state index contributed by atoms with van der Waals surface area (Å²) in [5.74, 6) is 0.882. The Morgan fingerprint density at radius 1 is 1.27 bits per heavy atom. The Balaban J connectivity index is 1.58. The molecule has 4 rings (SSSR count). The Morgan fingerprint density at radius 2 is 2.04 bits per heavy atom. The molecule has 0 saturated heterocycles. The summed E-state index contributed by atoms with van der Waals surface area (Å²) in [5, 5.41) is 7.64. The smallest absolute Gasteiger partial charge is 0.256 e. The van der Waals surface area contributed by atoms with E-state index in [0.29, 0.717) is 12.6 Å². The first-order valence-corrected chi connectivity index (χ1v) is 10.1. The van der Waals surface area contributed by atoms with Crippen molar-refractivity contribution in [1.29, 1.82) is 0 Å². The van der Waals surface area contributed by atoms with Crippen molar-refractivity contribution in [3.05, 3.63) is 45.8 Å². The number of amides is 1. The van der Waals surface area contributed by atoms with Gasteiger partial charge in [-0.25, -0.2) is 0 Å². The number of nitrogens with zero attached hydrogens (tertiary/aromatic N) is 1. The molecule has 1 atom stereocenters. The molecule has 2 aliphatic heterocycles. The van der Waals surface area contributed by atoms with Crippen LogP contribution >= 0.6 is 11.3 Å². The Kier molecular flexibility index (Phi) is 4.63. The van der Waals surface area contributed by atoms with E-state index in [9.17, 15) is 4.79 Å². The standard InChI is InChI=1S/C20H25N3O2S/c1-4-25-14-7-5-13(6-8-14)18-21-19(24)17-15-9-10-23(12(2)3)11-16(15)26-20(17)22-18/h5-8,12,18,22H,4,9-11H2,1-3H3,(H,21,24)/t18-/m0/s1. The Hall–Kier alpha value is -2.05. The third kappa shape index (κ3) is 3.08. The van der Waals surface area contributed by atoms with Gasteiger partial charge in [0.15, 0.2) is 0 Å². The molecule has 0 radical (unpaired) electrons. The lowest BCUT2D eigenvalue weighted by molar-refractivity contribution is 0.0934. The van der Waals surface area contributed by atoms with Gasteiger partial charge >= 0.3 is 0 Å². The zero-order valence-corrected chi connectivity index (χ0v) is 16.3. The van der Waals surface area contributed by atoms with Gasteiger partial charge in [-0.1, -0.05) is 12.1 Å². The summed E-state index contributed by atoms with van der Waals surface area (Å²) < 4.78 is 5.50. The van der Waals surface area contributed by atoms with Crippen molar-refractivity contribution in [2.75, 3.05) is 18.5 Å². The minimum absolute atomic E-state index is 0.0353. The van der Waals surface area contributed by atoms with Gasteiger partial charge in [-0.15, -0.1) is 11.3 Å². The lowest BCUT2D eigenvalue weighted by Gasteiger charge is -2.31. The minimum atomic E-state index is -0.202. The highest BCUT2D eigenvalue weighted by Crippen LogP contribution is 2.41. The van der Waals surface area contributed by atoms with Crippen molar-refractivity contribution in [1.82, 2.24) is 10.2 Å². The number of ether oxygens (including phenoxy) is 1. The molecule has 0 aliphatic carbocycles. The Labute approximate surface area is 158 Å². The molecular weight excluding hydrogens is 346 g/mol. The number of hydrogen-bond donors (Lipinski definition) is 2. The van der Waals surface area contributed by atoms with Crippen molar-refractivity contribution in [2.45, 2.75) is 45.9 Å². The van der Waals surface area contributed by atoms with E-state index in [4.69, 9.17) is 4.74 Å². The normalized spacial score (nSPS) is 19.5. The quantitative estimate of drug-likeness (QED) is 0.859. The van der Waals surface area contributed by atoms with Crippen LogP contribution in [0.5, 0.6) is 5.75 Å². The average Bonchev–Trinajstić information content (AvgIpc) is 3.00. The minimum Gasteiger partial charge on any atom is -0.494 e. The Morgan fingerprint density at radius 3 is 2.73 bits per heavy atom. The van der Waals surface area contributed by atoms with Crippen molar-refractivity contribution < 1.29 is 9.53 Å². The van der Waals surface area contributed by atoms with Gasteiger partial charge in [0, 0.05) is 24.0 Å². The highest BCUT2D eigenvalue weighted by Gasteiger charge is 2.33. The third-order valence-corrected chi connectivity index (χ3v) is 6.27. The highest BCUT2D eigenvalue weighted by atomic mass is 32.1. The van der Waals surface area contributed by atoms with E-state index in [1.165, 1.54) is 10.4 Å². The number of fused-ring (bicyclic) bond motifs is 3. The monoisotopic (exact) mass is 371 g/mol. The summed E-state index contributed by atoms with van der Waals surface area (Å²) in [7, 11) is 0. The molecule has 5 nitrogen and oxygen atoms in total. The maximum Gasteiger partial charge on any atom is 0.256 e. The summed E-state index contributed by atoms with van der Waals surface area (Å²) in [5.41, 5.74) is 3.12. The number of hydrogen-bond acceptors (Lipinski definition) is 5. The molecule has 0 spiro atoms.